The van der Waals surface area contributed by atoms with Crippen molar-refractivity contribution in [3.05, 3.63) is 97.9 Å². The van der Waals surface area contributed by atoms with Crippen molar-refractivity contribution >= 4 is 27.8 Å². The Morgan fingerprint density at radius 1 is 1.12 bits per heavy atom. The maximum absolute atomic E-state index is 13.9. The number of aromatic nitrogens is 1. The summed E-state index contributed by atoms with van der Waals surface area (Å²) >= 11 is 3.19. The van der Waals surface area contributed by atoms with Crippen LogP contribution in [0.1, 0.15) is 23.2 Å². The number of nitrogens with zero attached hydrogens (tertiary/aromatic N) is 2. The van der Waals surface area contributed by atoms with Crippen LogP contribution >= 0.6 is 15.9 Å². The van der Waals surface area contributed by atoms with E-state index >= 15 is 0 Å². The van der Waals surface area contributed by atoms with E-state index in [2.05, 4.69) is 15.9 Å². The van der Waals surface area contributed by atoms with E-state index in [9.17, 15) is 23.2 Å². The second-order valence-corrected chi connectivity index (χ2v) is 8.30. The zero-order chi connectivity index (χ0) is 24.8. The van der Waals surface area contributed by atoms with Gasteiger partial charge >= 0.3 is 5.97 Å². The molecule has 0 saturated carbocycles. The highest BCUT2D eigenvalue weighted by Gasteiger charge is 2.21. The van der Waals surface area contributed by atoms with Crippen molar-refractivity contribution in [1.82, 2.24) is 9.47 Å². The monoisotopic (exact) mass is 534 g/mol. The van der Waals surface area contributed by atoms with Gasteiger partial charge in [0.05, 0.1) is 0 Å². The van der Waals surface area contributed by atoms with Gasteiger partial charge in [0.2, 0.25) is 5.91 Å². The van der Waals surface area contributed by atoms with Crippen molar-refractivity contribution in [3.8, 4) is 5.75 Å². The first-order valence-electron chi connectivity index (χ1n) is 10.2. The molecule has 0 aliphatic heterocycles. The quantitative estimate of drug-likeness (QED) is 0.415. The summed E-state index contributed by atoms with van der Waals surface area (Å²) in [5.74, 6) is -3.25. The molecule has 1 N–H and O–H groups in total. The van der Waals surface area contributed by atoms with E-state index in [4.69, 9.17) is 9.84 Å². The number of carboxylic acid groups (broad SMARTS) is 1. The molecule has 10 heteroatoms. The van der Waals surface area contributed by atoms with Crippen LogP contribution in [0.25, 0.3) is 0 Å². The largest absolute Gasteiger partial charge is 0.487 e. The summed E-state index contributed by atoms with van der Waals surface area (Å²) in [5, 5.41) is 9.05. The molecule has 0 bridgehead atoms. The lowest BCUT2D eigenvalue weighted by molar-refractivity contribution is -0.145. The van der Waals surface area contributed by atoms with Crippen LogP contribution in [0.15, 0.2) is 63.9 Å². The summed E-state index contributed by atoms with van der Waals surface area (Å²) < 4.78 is 33.9. The fourth-order valence-corrected chi connectivity index (χ4v) is 3.67. The van der Waals surface area contributed by atoms with E-state index in [1.807, 2.05) is 6.07 Å². The van der Waals surface area contributed by atoms with Crippen LogP contribution in [0.5, 0.6) is 5.75 Å². The number of benzene rings is 2. The molecule has 0 aliphatic carbocycles. The SMILES string of the molecule is Cc1cc(OCc2ccc(F)cc2F)c(Br)c(=O)n1CN(Cc1ccccc1)C(=O)CC(=O)O. The molecule has 0 saturated heterocycles. The minimum atomic E-state index is -1.27. The number of hydrogen-bond donors (Lipinski definition) is 1. The molecular formula is C24H21BrF2N2O5. The molecule has 0 radical (unpaired) electrons. The van der Waals surface area contributed by atoms with E-state index in [-0.39, 0.29) is 35.6 Å². The molecule has 2 aromatic carbocycles. The summed E-state index contributed by atoms with van der Waals surface area (Å²) in [6.07, 6.45) is -0.716. The second kappa shape index (κ2) is 11.1. The van der Waals surface area contributed by atoms with Gasteiger partial charge in [-0.05, 0) is 40.5 Å². The third-order valence-electron chi connectivity index (χ3n) is 5.00. The molecular weight excluding hydrogens is 514 g/mol. The number of aliphatic carboxylic acids is 1. The Bertz CT molecular complexity index is 1260. The number of carbonyl (C=O) groups excluding carboxylic acids is 1. The van der Waals surface area contributed by atoms with E-state index in [1.54, 1.807) is 31.2 Å². The van der Waals surface area contributed by atoms with E-state index < -0.39 is 35.5 Å². The molecule has 178 valence electrons. The number of hydrogen-bond acceptors (Lipinski definition) is 4. The van der Waals surface area contributed by atoms with Gasteiger partial charge in [-0.15, -0.1) is 0 Å². The molecule has 1 heterocycles. The van der Waals surface area contributed by atoms with Crippen molar-refractivity contribution in [2.45, 2.75) is 33.2 Å². The first kappa shape index (κ1) is 25.1. The fourth-order valence-electron chi connectivity index (χ4n) is 3.22. The molecule has 1 aromatic heterocycles. The number of amides is 1. The number of ether oxygens (including phenoxy) is 1. The second-order valence-electron chi connectivity index (χ2n) is 7.51. The summed E-state index contributed by atoms with van der Waals surface area (Å²) in [6.45, 7) is 1.32. The highest BCUT2D eigenvalue weighted by molar-refractivity contribution is 9.10. The van der Waals surface area contributed by atoms with Gasteiger partial charge in [0, 0.05) is 29.9 Å². The normalized spacial score (nSPS) is 10.7. The number of aryl methyl sites for hydroxylation is 1. The van der Waals surface area contributed by atoms with E-state index in [1.165, 1.54) is 21.6 Å². The lowest BCUT2D eigenvalue weighted by Gasteiger charge is -2.25. The van der Waals surface area contributed by atoms with Gasteiger partial charge in [0.15, 0.2) is 0 Å². The Hall–Kier alpha value is -3.53. The first-order chi connectivity index (χ1) is 16.2. The average molecular weight is 535 g/mol. The minimum Gasteiger partial charge on any atom is -0.487 e. The number of carboxylic acids is 1. The van der Waals surface area contributed by atoms with Gasteiger partial charge < -0.3 is 14.7 Å². The van der Waals surface area contributed by atoms with Crippen LogP contribution in [0, 0.1) is 18.6 Å². The van der Waals surface area contributed by atoms with Gasteiger partial charge in [0.25, 0.3) is 5.56 Å². The number of halogens is 3. The zero-order valence-corrected chi connectivity index (χ0v) is 19.7. The third-order valence-corrected chi connectivity index (χ3v) is 5.73. The van der Waals surface area contributed by atoms with Crippen molar-refractivity contribution in [2.24, 2.45) is 0 Å². The Kier molecular flexibility index (Phi) is 8.17. The molecule has 0 atom stereocenters. The van der Waals surface area contributed by atoms with Crippen LogP contribution in [0.4, 0.5) is 8.78 Å². The van der Waals surface area contributed by atoms with Crippen LogP contribution < -0.4 is 10.3 Å². The maximum atomic E-state index is 13.9. The fraction of sp³-hybridized carbons (Fsp3) is 0.208. The highest BCUT2D eigenvalue weighted by Crippen LogP contribution is 2.24. The lowest BCUT2D eigenvalue weighted by atomic mass is 10.2. The average Bonchev–Trinajstić information content (AvgIpc) is 2.78. The number of pyridine rings is 1. The summed E-state index contributed by atoms with van der Waals surface area (Å²) in [7, 11) is 0. The lowest BCUT2D eigenvalue weighted by Crippen LogP contribution is -2.38. The number of carbonyl (C=O) groups is 2. The molecule has 1 amide bonds. The van der Waals surface area contributed by atoms with Crippen molar-refractivity contribution in [1.29, 1.82) is 0 Å². The molecule has 0 unspecified atom stereocenters. The Balaban J connectivity index is 1.85. The predicted molar refractivity (Wildman–Crippen MR) is 123 cm³/mol. The topological polar surface area (TPSA) is 88.8 Å². The van der Waals surface area contributed by atoms with E-state index in [0.29, 0.717) is 5.69 Å². The first-order valence-corrected chi connectivity index (χ1v) is 10.9. The van der Waals surface area contributed by atoms with Gasteiger partial charge in [-0.3, -0.25) is 19.0 Å². The minimum absolute atomic E-state index is 0.0472. The molecule has 34 heavy (non-hydrogen) atoms. The van der Waals surface area contributed by atoms with Gasteiger partial charge in [-0.2, -0.15) is 0 Å². The molecule has 0 fully saturated rings. The Labute approximate surface area is 202 Å². The van der Waals surface area contributed by atoms with Gasteiger partial charge in [-0.25, -0.2) is 8.78 Å². The van der Waals surface area contributed by atoms with Crippen LogP contribution in [-0.2, 0) is 29.4 Å². The molecule has 3 aromatic rings. The summed E-state index contributed by atoms with van der Waals surface area (Å²) in [5.41, 5.74) is 0.801. The molecule has 0 aliphatic rings. The molecule has 7 nitrogen and oxygen atoms in total. The molecule has 3 rings (SSSR count). The smallest absolute Gasteiger partial charge is 0.312 e. The van der Waals surface area contributed by atoms with Crippen LogP contribution in [0.3, 0.4) is 0 Å². The summed E-state index contributed by atoms with van der Waals surface area (Å²) in [6, 6.07) is 13.6. The standard InChI is InChI=1S/C24H21BrF2N2O5/c1-15-9-20(34-13-17-7-8-18(26)10-19(17)27)23(25)24(33)29(15)14-28(21(30)11-22(31)32)12-16-5-3-2-4-6-16/h2-10H,11-14H2,1H3,(H,31,32). The van der Waals surface area contributed by atoms with Crippen molar-refractivity contribution in [2.75, 3.05) is 0 Å². The van der Waals surface area contributed by atoms with Crippen molar-refractivity contribution < 1.29 is 28.2 Å². The molecule has 0 spiro atoms. The van der Waals surface area contributed by atoms with Crippen LogP contribution in [-0.4, -0.2) is 26.5 Å². The highest BCUT2D eigenvalue weighted by atomic mass is 79.9. The summed E-state index contributed by atoms with van der Waals surface area (Å²) in [4.78, 5) is 38.0. The predicted octanol–water partition coefficient (Wildman–Crippen LogP) is 4.24. The van der Waals surface area contributed by atoms with Gasteiger partial charge in [0.1, 0.15) is 41.6 Å². The van der Waals surface area contributed by atoms with Crippen molar-refractivity contribution in [3.63, 3.8) is 0 Å². The Morgan fingerprint density at radius 2 is 1.82 bits per heavy atom. The Morgan fingerprint density at radius 3 is 2.47 bits per heavy atom. The van der Waals surface area contributed by atoms with Crippen LogP contribution in [0.2, 0.25) is 0 Å². The van der Waals surface area contributed by atoms with E-state index in [0.717, 1.165) is 17.7 Å². The third kappa shape index (κ3) is 6.28. The van der Waals surface area contributed by atoms with Gasteiger partial charge in [-0.1, -0.05) is 30.3 Å². The number of rotatable bonds is 9. The maximum Gasteiger partial charge on any atom is 0.312 e. The zero-order valence-electron chi connectivity index (χ0n) is 18.1.